The summed E-state index contributed by atoms with van der Waals surface area (Å²) in [7, 11) is 0. The van der Waals surface area contributed by atoms with Crippen molar-refractivity contribution in [2.45, 2.75) is 33.2 Å². The Morgan fingerprint density at radius 2 is 1.95 bits per heavy atom. The zero-order valence-electron chi connectivity index (χ0n) is 11.7. The number of rotatable bonds is 6. The van der Waals surface area contributed by atoms with Crippen LogP contribution in [0.25, 0.3) is 10.8 Å². The van der Waals surface area contributed by atoms with Crippen LogP contribution in [0.3, 0.4) is 0 Å². The molecule has 0 aliphatic rings. The van der Waals surface area contributed by atoms with Gasteiger partial charge in [0.15, 0.2) is 0 Å². The van der Waals surface area contributed by atoms with Crippen LogP contribution in [-0.4, -0.2) is 11.6 Å². The van der Waals surface area contributed by atoms with Crippen LogP contribution in [0.15, 0.2) is 30.5 Å². The van der Waals surface area contributed by atoms with E-state index in [2.05, 4.69) is 24.9 Å². The maximum atomic E-state index is 5.82. The zero-order valence-corrected chi connectivity index (χ0v) is 11.7. The van der Waals surface area contributed by atoms with E-state index in [0.717, 1.165) is 35.2 Å². The minimum absolute atomic E-state index is 0.501. The molecular weight excluding hydrogens is 236 g/mol. The van der Waals surface area contributed by atoms with Gasteiger partial charge in [0.25, 0.3) is 0 Å². The van der Waals surface area contributed by atoms with E-state index in [1.807, 2.05) is 24.4 Å². The minimum atomic E-state index is 0.501. The number of aromatic nitrogens is 1. The van der Waals surface area contributed by atoms with Gasteiger partial charge >= 0.3 is 0 Å². The van der Waals surface area contributed by atoms with Crippen molar-refractivity contribution < 1.29 is 4.74 Å². The molecule has 0 saturated carbocycles. The molecule has 0 amide bonds. The average Bonchev–Trinajstić information content (AvgIpc) is 2.43. The van der Waals surface area contributed by atoms with Crippen molar-refractivity contribution in [3.63, 3.8) is 0 Å². The van der Waals surface area contributed by atoms with Crippen LogP contribution in [0.4, 0.5) is 0 Å². The Morgan fingerprint density at radius 3 is 2.63 bits per heavy atom. The van der Waals surface area contributed by atoms with Crippen molar-refractivity contribution >= 4 is 10.8 Å². The van der Waals surface area contributed by atoms with Crippen LogP contribution in [-0.2, 0) is 6.54 Å². The molecule has 0 saturated heterocycles. The molecule has 3 heteroatoms. The zero-order chi connectivity index (χ0) is 13.7. The lowest BCUT2D eigenvalue weighted by Gasteiger charge is -2.11. The first-order chi connectivity index (χ1) is 9.22. The van der Waals surface area contributed by atoms with E-state index in [4.69, 9.17) is 10.5 Å². The molecule has 0 aliphatic carbocycles. The highest BCUT2D eigenvalue weighted by Crippen LogP contribution is 2.26. The predicted molar refractivity (Wildman–Crippen MR) is 79.2 cm³/mol. The van der Waals surface area contributed by atoms with Gasteiger partial charge in [-0.15, -0.1) is 0 Å². The highest BCUT2D eigenvalue weighted by atomic mass is 16.5. The van der Waals surface area contributed by atoms with Gasteiger partial charge < -0.3 is 10.5 Å². The fourth-order valence-corrected chi connectivity index (χ4v) is 2.16. The second-order valence-electron chi connectivity index (χ2n) is 5.22. The van der Waals surface area contributed by atoms with Crippen molar-refractivity contribution in [3.8, 4) is 5.88 Å². The molecule has 2 aromatic rings. The van der Waals surface area contributed by atoms with Crippen molar-refractivity contribution in [1.82, 2.24) is 4.98 Å². The van der Waals surface area contributed by atoms with Crippen molar-refractivity contribution in [2.24, 2.45) is 11.7 Å². The van der Waals surface area contributed by atoms with E-state index in [-0.39, 0.29) is 0 Å². The highest BCUT2D eigenvalue weighted by Gasteiger charge is 2.07. The third-order valence-electron chi connectivity index (χ3n) is 3.23. The summed E-state index contributed by atoms with van der Waals surface area (Å²) in [5, 5.41) is 2.19. The summed E-state index contributed by atoms with van der Waals surface area (Å²) >= 11 is 0. The number of hydrogen-bond donors (Lipinski definition) is 1. The van der Waals surface area contributed by atoms with Crippen molar-refractivity contribution in [3.05, 3.63) is 36.0 Å². The number of benzene rings is 1. The molecule has 1 aromatic heterocycles. The Labute approximate surface area is 114 Å². The van der Waals surface area contributed by atoms with Gasteiger partial charge in [-0.1, -0.05) is 32.0 Å². The summed E-state index contributed by atoms with van der Waals surface area (Å²) in [6, 6.07) is 8.13. The van der Waals surface area contributed by atoms with Crippen molar-refractivity contribution in [2.75, 3.05) is 6.61 Å². The lowest BCUT2D eigenvalue weighted by Crippen LogP contribution is -2.04. The van der Waals surface area contributed by atoms with Crippen LogP contribution >= 0.6 is 0 Å². The average molecular weight is 258 g/mol. The number of nitrogens with two attached hydrogens (primary N) is 1. The second kappa shape index (κ2) is 6.53. The van der Waals surface area contributed by atoms with E-state index in [1.54, 1.807) is 0 Å². The second-order valence-corrected chi connectivity index (χ2v) is 5.22. The normalized spacial score (nSPS) is 11.2. The molecule has 1 aromatic carbocycles. The standard InChI is InChI=1S/C16H22N2O/c1-12(2)6-5-9-19-16-15-8-4-3-7-14(15)13(10-17)11-18-16/h3-4,7-8,11-12H,5-6,9-10,17H2,1-2H3. The number of nitrogens with zero attached hydrogens (tertiary/aromatic N) is 1. The molecule has 3 nitrogen and oxygen atoms in total. The summed E-state index contributed by atoms with van der Waals surface area (Å²) in [5.41, 5.74) is 6.80. The largest absolute Gasteiger partial charge is 0.477 e. The number of ether oxygens (including phenoxy) is 1. The first kappa shape index (κ1) is 13.8. The maximum Gasteiger partial charge on any atom is 0.221 e. The molecule has 0 fully saturated rings. The Kier molecular flexibility index (Phi) is 4.74. The minimum Gasteiger partial charge on any atom is -0.477 e. The van der Waals surface area contributed by atoms with E-state index < -0.39 is 0 Å². The molecule has 0 radical (unpaired) electrons. The molecule has 2 rings (SSSR count). The van der Waals surface area contributed by atoms with E-state index in [9.17, 15) is 0 Å². The molecular formula is C16H22N2O. The van der Waals surface area contributed by atoms with Crippen LogP contribution in [0, 0.1) is 5.92 Å². The summed E-state index contributed by atoms with van der Waals surface area (Å²) in [5.74, 6) is 1.43. The number of pyridine rings is 1. The summed E-state index contributed by atoms with van der Waals surface area (Å²) in [6.45, 7) is 5.67. The monoisotopic (exact) mass is 258 g/mol. The number of hydrogen-bond acceptors (Lipinski definition) is 3. The third-order valence-corrected chi connectivity index (χ3v) is 3.23. The van der Waals surface area contributed by atoms with Crippen LogP contribution in [0.2, 0.25) is 0 Å². The van der Waals surface area contributed by atoms with E-state index in [0.29, 0.717) is 12.5 Å². The van der Waals surface area contributed by atoms with Crippen LogP contribution < -0.4 is 10.5 Å². The van der Waals surface area contributed by atoms with Gasteiger partial charge in [-0.25, -0.2) is 4.98 Å². The molecule has 0 spiro atoms. The first-order valence-electron chi connectivity index (χ1n) is 6.92. The fraction of sp³-hybridized carbons (Fsp3) is 0.438. The summed E-state index contributed by atoms with van der Waals surface area (Å²) in [6.07, 6.45) is 4.06. The van der Waals surface area contributed by atoms with Crippen molar-refractivity contribution in [1.29, 1.82) is 0 Å². The molecule has 0 bridgehead atoms. The fourth-order valence-electron chi connectivity index (χ4n) is 2.16. The molecule has 0 aliphatic heterocycles. The SMILES string of the molecule is CC(C)CCCOc1ncc(CN)c2ccccc12. The third kappa shape index (κ3) is 3.44. The van der Waals surface area contributed by atoms with Gasteiger partial charge in [0.1, 0.15) is 0 Å². The predicted octanol–water partition coefficient (Wildman–Crippen LogP) is 3.51. The number of fused-ring (bicyclic) bond motifs is 1. The Hall–Kier alpha value is -1.61. The van der Waals surface area contributed by atoms with Gasteiger partial charge in [-0.05, 0) is 35.8 Å². The first-order valence-corrected chi connectivity index (χ1v) is 6.92. The smallest absolute Gasteiger partial charge is 0.221 e. The Balaban J connectivity index is 2.15. The Morgan fingerprint density at radius 1 is 1.21 bits per heavy atom. The molecule has 2 N–H and O–H groups in total. The molecule has 19 heavy (non-hydrogen) atoms. The van der Waals surface area contributed by atoms with Gasteiger partial charge in [-0.3, -0.25) is 0 Å². The molecule has 1 heterocycles. The molecule has 102 valence electrons. The molecule has 0 atom stereocenters. The summed E-state index contributed by atoms with van der Waals surface area (Å²) in [4.78, 5) is 4.39. The lowest BCUT2D eigenvalue weighted by atomic mass is 10.1. The van der Waals surface area contributed by atoms with Gasteiger partial charge in [-0.2, -0.15) is 0 Å². The van der Waals surface area contributed by atoms with E-state index >= 15 is 0 Å². The quantitative estimate of drug-likeness (QED) is 0.807. The van der Waals surface area contributed by atoms with E-state index in [1.165, 1.54) is 6.42 Å². The maximum absolute atomic E-state index is 5.82. The highest BCUT2D eigenvalue weighted by molar-refractivity contribution is 5.89. The lowest BCUT2D eigenvalue weighted by molar-refractivity contribution is 0.290. The molecule has 0 unspecified atom stereocenters. The van der Waals surface area contributed by atoms with Crippen LogP contribution in [0.5, 0.6) is 5.88 Å². The topological polar surface area (TPSA) is 48.1 Å². The summed E-state index contributed by atoms with van der Waals surface area (Å²) < 4.78 is 5.82. The van der Waals surface area contributed by atoms with Crippen LogP contribution in [0.1, 0.15) is 32.3 Å². The van der Waals surface area contributed by atoms with Gasteiger partial charge in [0.05, 0.1) is 6.61 Å². The van der Waals surface area contributed by atoms with Gasteiger partial charge in [0.2, 0.25) is 5.88 Å². The Bertz CT molecular complexity index is 537. The van der Waals surface area contributed by atoms with Gasteiger partial charge in [0, 0.05) is 18.1 Å².